The molecule has 0 saturated heterocycles. The lowest BCUT2D eigenvalue weighted by molar-refractivity contribution is -0.384. The second-order valence-electron chi connectivity index (χ2n) is 6.64. The van der Waals surface area contributed by atoms with Gasteiger partial charge in [-0.15, -0.1) is 0 Å². The zero-order valence-electron chi connectivity index (χ0n) is 16.2. The monoisotopic (exact) mass is 417 g/mol. The van der Waals surface area contributed by atoms with E-state index in [1.165, 1.54) is 37.4 Å². The summed E-state index contributed by atoms with van der Waals surface area (Å²) in [4.78, 5) is 49.5. The molecule has 9 nitrogen and oxygen atoms in total. The fourth-order valence-electron chi connectivity index (χ4n) is 3.30. The summed E-state index contributed by atoms with van der Waals surface area (Å²) in [6.45, 7) is 0. The number of non-ortho nitro benzene ring substituents is 1. The van der Waals surface area contributed by atoms with Gasteiger partial charge in [0.2, 0.25) is 0 Å². The Morgan fingerprint density at radius 1 is 0.968 bits per heavy atom. The van der Waals surface area contributed by atoms with Gasteiger partial charge in [-0.2, -0.15) is 0 Å². The number of carbonyl (C=O) groups excluding carboxylic acids is 3. The molecule has 0 bridgehead atoms. The number of hydrogen-bond donors (Lipinski definition) is 1. The first-order valence-corrected chi connectivity index (χ1v) is 9.12. The van der Waals surface area contributed by atoms with Crippen molar-refractivity contribution in [1.82, 2.24) is 0 Å². The molecule has 0 aliphatic carbocycles. The SMILES string of the molecule is COc1cc([N+](=O)[O-])ccc1NC(=O)c1cccc(N2C(=O)c3ccccc3C2=O)c1. The zero-order valence-corrected chi connectivity index (χ0v) is 16.2. The second kappa shape index (κ2) is 7.71. The fourth-order valence-corrected chi connectivity index (χ4v) is 3.30. The van der Waals surface area contributed by atoms with E-state index >= 15 is 0 Å². The van der Waals surface area contributed by atoms with Crippen LogP contribution in [0.4, 0.5) is 17.1 Å². The molecule has 1 aliphatic rings. The van der Waals surface area contributed by atoms with Gasteiger partial charge in [0, 0.05) is 11.6 Å². The van der Waals surface area contributed by atoms with Crippen molar-refractivity contribution in [3.8, 4) is 5.75 Å². The first-order valence-electron chi connectivity index (χ1n) is 9.12. The highest BCUT2D eigenvalue weighted by molar-refractivity contribution is 6.34. The predicted octanol–water partition coefficient (Wildman–Crippen LogP) is 3.66. The minimum absolute atomic E-state index is 0.124. The Balaban J connectivity index is 1.61. The summed E-state index contributed by atoms with van der Waals surface area (Å²) in [5.74, 6) is -1.34. The number of amides is 3. The van der Waals surface area contributed by atoms with E-state index in [0.717, 1.165) is 4.90 Å². The molecule has 9 heteroatoms. The van der Waals surface area contributed by atoms with Gasteiger partial charge in [-0.1, -0.05) is 18.2 Å². The maximum atomic E-state index is 12.8. The second-order valence-corrected chi connectivity index (χ2v) is 6.64. The van der Waals surface area contributed by atoms with Crippen LogP contribution in [0.15, 0.2) is 66.7 Å². The van der Waals surface area contributed by atoms with Gasteiger partial charge < -0.3 is 10.1 Å². The number of hydrogen-bond acceptors (Lipinski definition) is 6. The van der Waals surface area contributed by atoms with Gasteiger partial charge >= 0.3 is 0 Å². The number of anilines is 2. The van der Waals surface area contributed by atoms with Gasteiger partial charge in [0.1, 0.15) is 5.75 Å². The van der Waals surface area contributed by atoms with Crippen molar-refractivity contribution in [2.24, 2.45) is 0 Å². The summed E-state index contributed by atoms with van der Waals surface area (Å²) in [5.41, 5.74) is 1.12. The lowest BCUT2D eigenvalue weighted by Gasteiger charge is -2.15. The molecular weight excluding hydrogens is 402 g/mol. The normalized spacial score (nSPS) is 12.5. The van der Waals surface area contributed by atoms with E-state index in [-0.39, 0.29) is 28.4 Å². The first kappa shape index (κ1) is 19.8. The largest absolute Gasteiger partial charge is 0.494 e. The van der Waals surface area contributed by atoms with Gasteiger partial charge in [-0.05, 0) is 36.4 Å². The number of rotatable bonds is 5. The quantitative estimate of drug-likeness (QED) is 0.384. The average Bonchev–Trinajstić information content (AvgIpc) is 3.04. The Morgan fingerprint density at radius 3 is 2.26 bits per heavy atom. The lowest BCUT2D eigenvalue weighted by atomic mass is 10.1. The smallest absolute Gasteiger partial charge is 0.273 e. The molecule has 0 fully saturated rings. The summed E-state index contributed by atoms with van der Waals surface area (Å²) in [6.07, 6.45) is 0. The first-order chi connectivity index (χ1) is 14.9. The predicted molar refractivity (Wildman–Crippen MR) is 112 cm³/mol. The number of imide groups is 1. The molecule has 0 unspecified atom stereocenters. The highest BCUT2D eigenvalue weighted by atomic mass is 16.6. The lowest BCUT2D eigenvalue weighted by Crippen LogP contribution is -2.29. The Labute approximate surface area is 176 Å². The van der Waals surface area contributed by atoms with E-state index in [9.17, 15) is 24.5 Å². The molecule has 0 aromatic heterocycles. The number of nitro benzene ring substituents is 1. The van der Waals surface area contributed by atoms with Crippen LogP contribution >= 0.6 is 0 Å². The summed E-state index contributed by atoms with van der Waals surface area (Å²) in [5, 5.41) is 13.6. The number of methoxy groups -OCH3 is 1. The van der Waals surface area contributed by atoms with Gasteiger partial charge in [-0.3, -0.25) is 24.5 Å². The molecule has 31 heavy (non-hydrogen) atoms. The molecule has 3 aromatic carbocycles. The van der Waals surface area contributed by atoms with E-state index in [2.05, 4.69) is 5.32 Å². The third-order valence-corrected chi connectivity index (χ3v) is 4.80. The third-order valence-electron chi connectivity index (χ3n) is 4.80. The number of ether oxygens (including phenoxy) is 1. The van der Waals surface area contributed by atoms with Crippen molar-refractivity contribution in [1.29, 1.82) is 0 Å². The van der Waals surface area contributed by atoms with Crippen LogP contribution in [0.1, 0.15) is 31.1 Å². The van der Waals surface area contributed by atoms with Crippen LogP contribution in [0, 0.1) is 10.1 Å². The number of nitrogens with zero attached hydrogens (tertiary/aromatic N) is 2. The average molecular weight is 417 g/mol. The van der Waals surface area contributed by atoms with Crippen LogP contribution in [-0.4, -0.2) is 29.8 Å². The van der Waals surface area contributed by atoms with Crippen LogP contribution in [0.2, 0.25) is 0 Å². The summed E-state index contributed by atoms with van der Waals surface area (Å²) < 4.78 is 5.13. The van der Waals surface area contributed by atoms with Crippen LogP contribution in [-0.2, 0) is 0 Å². The van der Waals surface area contributed by atoms with Crippen molar-refractivity contribution in [2.75, 3.05) is 17.3 Å². The topological polar surface area (TPSA) is 119 Å². The van der Waals surface area contributed by atoms with Crippen LogP contribution < -0.4 is 15.0 Å². The summed E-state index contributed by atoms with van der Waals surface area (Å²) in [7, 11) is 1.33. The number of nitro groups is 1. The van der Waals surface area contributed by atoms with Crippen molar-refractivity contribution in [3.63, 3.8) is 0 Å². The van der Waals surface area contributed by atoms with Crippen LogP contribution in [0.3, 0.4) is 0 Å². The van der Waals surface area contributed by atoms with Gasteiger partial charge in [-0.25, -0.2) is 4.90 Å². The fraction of sp³-hybridized carbons (Fsp3) is 0.0455. The van der Waals surface area contributed by atoms with Gasteiger partial charge in [0.25, 0.3) is 23.4 Å². The number of benzene rings is 3. The maximum absolute atomic E-state index is 12.8. The molecular formula is C22H15N3O6. The molecule has 1 aliphatic heterocycles. The highest BCUT2D eigenvalue weighted by Crippen LogP contribution is 2.31. The maximum Gasteiger partial charge on any atom is 0.273 e. The number of fused-ring (bicyclic) bond motifs is 1. The van der Waals surface area contributed by atoms with Crippen molar-refractivity contribution >= 4 is 34.8 Å². The molecule has 0 spiro atoms. The number of nitrogens with one attached hydrogen (secondary N) is 1. The third kappa shape index (κ3) is 3.48. The summed E-state index contributed by atoms with van der Waals surface area (Å²) >= 11 is 0. The number of carbonyl (C=O) groups is 3. The molecule has 4 rings (SSSR count). The van der Waals surface area contributed by atoms with Crippen molar-refractivity contribution < 1.29 is 24.0 Å². The molecule has 0 saturated carbocycles. The molecule has 0 atom stereocenters. The van der Waals surface area contributed by atoms with Crippen molar-refractivity contribution in [2.45, 2.75) is 0 Å². The van der Waals surface area contributed by atoms with E-state index in [1.807, 2.05) is 0 Å². The van der Waals surface area contributed by atoms with E-state index in [4.69, 9.17) is 4.74 Å². The minimum Gasteiger partial charge on any atom is -0.494 e. The van der Waals surface area contributed by atoms with E-state index in [0.29, 0.717) is 11.1 Å². The minimum atomic E-state index is -0.570. The standard InChI is InChI=1S/C22H15N3O6/c1-31-19-12-15(25(29)30)9-10-18(19)23-20(26)13-5-4-6-14(11-13)24-21(27)16-7-2-3-8-17(16)22(24)28/h2-12H,1H3,(H,23,26). The van der Waals surface area contributed by atoms with E-state index < -0.39 is 22.6 Å². The molecule has 0 radical (unpaired) electrons. The Hall–Kier alpha value is -4.53. The molecule has 1 N–H and O–H groups in total. The Kier molecular flexibility index (Phi) is 4.92. The van der Waals surface area contributed by atoms with E-state index in [1.54, 1.807) is 36.4 Å². The van der Waals surface area contributed by atoms with Gasteiger partial charge in [0.15, 0.2) is 0 Å². The zero-order chi connectivity index (χ0) is 22.1. The summed E-state index contributed by atoms with van der Waals surface area (Å²) in [6, 6.07) is 16.4. The van der Waals surface area contributed by atoms with Crippen LogP contribution in [0.25, 0.3) is 0 Å². The van der Waals surface area contributed by atoms with Gasteiger partial charge in [0.05, 0.1) is 40.6 Å². The molecule has 3 aromatic rings. The van der Waals surface area contributed by atoms with Crippen molar-refractivity contribution in [3.05, 3.63) is 93.5 Å². The Bertz CT molecular complexity index is 1220. The molecule has 3 amide bonds. The Morgan fingerprint density at radius 2 is 1.65 bits per heavy atom. The molecule has 154 valence electrons. The van der Waals surface area contributed by atoms with Crippen LogP contribution in [0.5, 0.6) is 5.75 Å². The highest BCUT2D eigenvalue weighted by Gasteiger charge is 2.36. The molecule has 1 heterocycles.